The number of nitrogens with zero attached hydrogens (tertiary/aromatic N) is 1. The average Bonchev–Trinajstić information content (AvgIpc) is 3.46. The first-order chi connectivity index (χ1) is 15.0. The summed E-state index contributed by atoms with van der Waals surface area (Å²) < 4.78 is 15.5. The van der Waals surface area contributed by atoms with Crippen molar-refractivity contribution in [2.24, 2.45) is 5.92 Å². The molecule has 2 aromatic rings. The molecule has 0 bridgehead atoms. The first-order valence-electron chi connectivity index (χ1n) is 11.1. The van der Waals surface area contributed by atoms with Crippen molar-refractivity contribution in [3.05, 3.63) is 58.4 Å². The molecule has 0 aromatic heterocycles. The quantitative estimate of drug-likeness (QED) is 0.528. The zero-order valence-electron chi connectivity index (χ0n) is 19.1. The standard InChI is InChI=1S/C26H30FN3O2/c1-14(28)12-21(29)18-10-11-20(23(27)15(18)2)19-7-5-6-17-13-30(25(31)22(17)19)24(16-8-9-16)26(3,4)32/h5-7,10-11,16,24,28-29,32H,8-9,12-13H2,1-4H3/t24-/m1/s1. The highest BCUT2D eigenvalue weighted by Crippen LogP contribution is 2.44. The molecule has 0 spiro atoms. The van der Waals surface area contributed by atoms with Crippen molar-refractivity contribution in [1.29, 1.82) is 10.8 Å². The third kappa shape index (κ3) is 3.88. The van der Waals surface area contributed by atoms with Gasteiger partial charge in [0, 0.05) is 35.5 Å². The molecule has 0 unspecified atom stereocenters. The van der Waals surface area contributed by atoms with Crippen molar-refractivity contribution >= 4 is 17.3 Å². The number of hydrogen-bond acceptors (Lipinski definition) is 4. The lowest BCUT2D eigenvalue weighted by Crippen LogP contribution is -2.51. The normalized spacial score (nSPS) is 16.8. The summed E-state index contributed by atoms with van der Waals surface area (Å²) in [6.45, 7) is 7.17. The minimum absolute atomic E-state index is 0.164. The number of halogens is 1. The number of amides is 1. The van der Waals surface area contributed by atoms with Crippen molar-refractivity contribution in [3.8, 4) is 11.1 Å². The van der Waals surface area contributed by atoms with E-state index >= 15 is 4.39 Å². The molecule has 2 aliphatic rings. The molecular formula is C26H30FN3O2. The summed E-state index contributed by atoms with van der Waals surface area (Å²) in [5, 5.41) is 26.6. The SMILES string of the molecule is CC(=N)CC(=N)c1ccc(-c2cccc3c2C(=O)N([C@H](C2CC2)C(C)(C)O)C3)c(F)c1C. The van der Waals surface area contributed by atoms with Crippen LogP contribution in [0.2, 0.25) is 0 Å². The van der Waals surface area contributed by atoms with Gasteiger partial charge in [0.05, 0.1) is 17.2 Å². The molecule has 1 heterocycles. The van der Waals surface area contributed by atoms with Gasteiger partial charge in [0.1, 0.15) is 5.82 Å². The summed E-state index contributed by atoms with van der Waals surface area (Å²) in [5.41, 5.74) is 2.59. The molecule has 1 fully saturated rings. The highest BCUT2D eigenvalue weighted by Gasteiger charge is 2.48. The molecule has 32 heavy (non-hydrogen) atoms. The van der Waals surface area contributed by atoms with Gasteiger partial charge in [-0.05, 0) is 63.1 Å². The molecule has 0 radical (unpaired) electrons. The van der Waals surface area contributed by atoms with Gasteiger partial charge in [-0.3, -0.25) is 4.79 Å². The number of carbonyl (C=O) groups is 1. The predicted molar refractivity (Wildman–Crippen MR) is 124 cm³/mol. The lowest BCUT2D eigenvalue weighted by atomic mass is 9.91. The Bertz CT molecular complexity index is 1130. The average molecular weight is 436 g/mol. The van der Waals surface area contributed by atoms with Crippen LogP contribution in [-0.4, -0.2) is 39.0 Å². The van der Waals surface area contributed by atoms with Crippen molar-refractivity contribution in [2.75, 3.05) is 0 Å². The van der Waals surface area contributed by atoms with E-state index in [1.54, 1.807) is 50.8 Å². The third-order valence-electron chi connectivity index (χ3n) is 6.54. The van der Waals surface area contributed by atoms with Crippen LogP contribution in [-0.2, 0) is 6.54 Å². The number of hydrogen-bond donors (Lipinski definition) is 3. The zero-order valence-corrected chi connectivity index (χ0v) is 19.1. The molecule has 1 amide bonds. The van der Waals surface area contributed by atoms with Crippen molar-refractivity contribution in [1.82, 2.24) is 4.90 Å². The Morgan fingerprint density at radius 2 is 1.91 bits per heavy atom. The Hall–Kier alpha value is -2.86. The third-order valence-corrected chi connectivity index (χ3v) is 6.54. The van der Waals surface area contributed by atoms with Crippen LogP contribution < -0.4 is 0 Å². The van der Waals surface area contributed by atoms with Gasteiger partial charge in [-0.2, -0.15) is 0 Å². The van der Waals surface area contributed by atoms with Gasteiger partial charge >= 0.3 is 0 Å². The van der Waals surface area contributed by atoms with E-state index in [0.29, 0.717) is 46.0 Å². The maximum Gasteiger partial charge on any atom is 0.255 e. The van der Waals surface area contributed by atoms with E-state index in [1.165, 1.54) is 0 Å². The van der Waals surface area contributed by atoms with Gasteiger partial charge in [0.2, 0.25) is 0 Å². The van der Waals surface area contributed by atoms with E-state index in [0.717, 1.165) is 18.4 Å². The van der Waals surface area contributed by atoms with E-state index in [2.05, 4.69) is 0 Å². The van der Waals surface area contributed by atoms with Crippen LogP contribution in [0.3, 0.4) is 0 Å². The molecule has 6 heteroatoms. The number of fused-ring (bicyclic) bond motifs is 1. The van der Waals surface area contributed by atoms with Crippen molar-refractivity contribution in [2.45, 2.75) is 65.1 Å². The molecule has 4 rings (SSSR count). The summed E-state index contributed by atoms with van der Waals surface area (Å²) in [6, 6.07) is 8.57. The minimum atomic E-state index is -1.02. The summed E-state index contributed by atoms with van der Waals surface area (Å²) in [5.74, 6) is -0.322. The molecule has 2 aromatic carbocycles. The summed E-state index contributed by atoms with van der Waals surface area (Å²) in [7, 11) is 0. The molecule has 5 nitrogen and oxygen atoms in total. The van der Waals surface area contributed by atoms with Crippen LogP contribution in [0.5, 0.6) is 0 Å². The summed E-state index contributed by atoms with van der Waals surface area (Å²) in [6.07, 6.45) is 2.17. The predicted octanol–water partition coefficient (Wildman–Crippen LogP) is 5.10. The number of benzene rings is 2. The van der Waals surface area contributed by atoms with Gasteiger partial charge in [-0.1, -0.05) is 30.3 Å². The second-order valence-electron chi connectivity index (χ2n) is 9.74. The van der Waals surface area contributed by atoms with E-state index in [4.69, 9.17) is 10.8 Å². The Morgan fingerprint density at radius 3 is 2.50 bits per heavy atom. The van der Waals surface area contributed by atoms with Gasteiger partial charge in [0.25, 0.3) is 5.91 Å². The maximum absolute atomic E-state index is 15.5. The van der Waals surface area contributed by atoms with Crippen LogP contribution in [0.25, 0.3) is 11.1 Å². The van der Waals surface area contributed by atoms with E-state index < -0.39 is 11.4 Å². The maximum atomic E-state index is 15.5. The number of carbonyl (C=O) groups excluding carboxylic acids is 1. The van der Waals surface area contributed by atoms with Gasteiger partial charge < -0.3 is 20.8 Å². The minimum Gasteiger partial charge on any atom is -0.388 e. The van der Waals surface area contributed by atoms with E-state index in [9.17, 15) is 9.90 Å². The Morgan fingerprint density at radius 1 is 1.22 bits per heavy atom. The molecule has 0 saturated heterocycles. The van der Waals surface area contributed by atoms with Crippen LogP contribution >= 0.6 is 0 Å². The molecule has 1 atom stereocenters. The lowest BCUT2D eigenvalue weighted by molar-refractivity contribution is -0.0224. The highest BCUT2D eigenvalue weighted by molar-refractivity contribution is 6.11. The van der Waals surface area contributed by atoms with Crippen molar-refractivity contribution < 1.29 is 14.3 Å². The smallest absolute Gasteiger partial charge is 0.255 e. The molecule has 1 aliphatic heterocycles. The van der Waals surface area contributed by atoms with Crippen LogP contribution in [0.1, 0.15) is 67.1 Å². The number of rotatable bonds is 7. The fourth-order valence-corrected chi connectivity index (χ4v) is 5.04. The Balaban J connectivity index is 1.75. The summed E-state index contributed by atoms with van der Waals surface area (Å²) in [4.78, 5) is 15.3. The fourth-order valence-electron chi connectivity index (χ4n) is 5.04. The second-order valence-corrected chi connectivity index (χ2v) is 9.74. The number of aliphatic hydroxyl groups is 1. The molecule has 168 valence electrons. The van der Waals surface area contributed by atoms with E-state index in [1.807, 2.05) is 12.1 Å². The van der Waals surface area contributed by atoms with Gasteiger partial charge in [0.15, 0.2) is 0 Å². The lowest BCUT2D eigenvalue weighted by Gasteiger charge is -2.37. The molecule has 3 N–H and O–H groups in total. The van der Waals surface area contributed by atoms with Crippen LogP contribution in [0.15, 0.2) is 30.3 Å². The highest BCUT2D eigenvalue weighted by atomic mass is 19.1. The molecule has 1 aliphatic carbocycles. The second kappa shape index (κ2) is 7.93. The zero-order chi connectivity index (χ0) is 23.4. The van der Waals surface area contributed by atoms with Crippen molar-refractivity contribution in [3.63, 3.8) is 0 Å². The first-order valence-corrected chi connectivity index (χ1v) is 11.1. The largest absolute Gasteiger partial charge is 0.388 e. The van der Waals surface area contributed by atoms with E-state index in [-0.39, 0.29) is 24.1 Å². The fraction of sp³-hybridized carbons (Fsp3) is 0.423. The Kier molecular flexibility index (Phi) is 5.53. The monoisotopic (exact) mass is 435 g/mol. The topological polar surface area (TPSA) is 88.2 Å². The van der Waals surface area contributed by atoms with Gasteiger partial charge in [-0.15, -0.1) is 0 Å². The molecule has 1 saturated carbocycles. The van der Waals surface area contributed by atoms with Gasteiger partial charge in [-0.25, -0.2) is 4.39 Å². The first kappa shape index (κ1) is 22.3. The van der Waals surface area contributed by atoms with Crippen LogP contribution in [0.4, 0.5) is 4.39 Å². The summed E-state index contributed by atoms with van der Waals surface area (Å²) >= 11 is 0. The van der Waals surface area contributed by atoms with Crippen LogP contribution in [0, 0.1) is 29.5 Å². The number of nitrogens with one attached hydrogen (secondary N) is 2. The Labute approximate surface area is 188 Å². The molecular weight excluding hydrogens is 405 g/mol.